The molecule has 1 aliphatic rings. The zero-order valence-corrected chi connectivity index (χ0v) is 24.5. The van der Waals surface area contributed by atoms with Crippen LogP contribution in [0.25, 0.3) is 21.8 Å². The molecule has 6 nitrogen and oxygen atoms in total. The highest BCUT2D eigenvalue weighted by molar-refractivity contribution is 6.46. The molecule has 0 radical (unpaired) electrons. The summed E-state index contributed by atoms with van der Waals surface area (Å²) < 4.78 is 2.20. The summed E-state index contributed by atoms with van der Waals surface area (Å²) in [6.45, 7) is 4.76. The van der Waals surface area contributed by atoms with E-state index in [1.807, 2.05) is 73.7 Å². The summed E-state index contributed by atoms with van der Waals surface area (Å²) >= 11 is 0. The fourth-order valence-electron chi connectivity index (χ4n) is 6.27. The third-order valence-corrected chi connectivity index (χ3v) is 8.55. The van der Waals surface area contributed by atoms with Crippen LogP contribution in [-0.4, -0.2) is 27.8 Å². The molecule has 43 heavy (non-hydrogen) atoms. The average Bonchev–Trinajstić information content (AvgIpc) is 3.66. The van der Waals surface area contributed by atoms with E-state index in [-0.39, 0.29) is 17.3 Å². The molecular weight excluding hydrogens is 536 g/mol. The molecule has 4 aromatic carbocycles. The van der Waals surface area contributed by atoms with Crippen LogP contribution in [0.2, 0.25) is 0 Å². The van der Waals surface area contributed by atoms with Crippen LogP contribution >= 0.6 is 0 Å². The second-order valence-corrected chi connectivity index (χ2v) is 11.3. The van der Waals surface area contributed by atoms with E-state index < -0.39 is 5.97 Å². The molecule has 216 valence electrons. The topological polar surface area (TPSA) is 77.7 Å². The van der Waals surface area contributed by atoms with Gasteiger partial charge in [0.25, 0.3) is 0 Å². The van der Waals surface area contributed by atoms with Gasteiger partial charge in [-0.25, -0.2) is 4.79 Å². The molecule has 0 amide bonds. The molecule has 5 aromatic rings. The van der Waals surface area contributed by atoms with E-state index in [0.717, 1.165) is 59.6 Å². The van der Waals surface area contributed by atoms with E-state index in [1.54, 1.807) is 24.3 Å². The lowest BCUT2D eigenvalue weighted by atomic mass is 9.94. The summed E-state index contributed by atoms with van der Waals surface area (Å²) in [5, 5.41) is 6.00. The number of hydrogen-bond acceptors (Lipinski definition) is 5. The molecule has 0 N–H and O–H groups in total. The molecular formula is C37H34N2O4. The number of oxime groups is 1. The van der Waals surface area contributed by atoms with Gasteiger partial charge in [-0.2, -0.15) is 0 Å². The van der Waals surface area contributed by atoms with Gasteiger partial charge in [0.15, 0.2) is 17.3 Å². The van der Waals surface area contributed by atoms with Crippen LogP contribution in [-0.2, 0) is 16.2 Å². The van der Waals surface area contributed by atoms with Crippen LogP contribution in [0.3, 0.4) is 0 Å². The molecule has 0 saturated heterocycles. The van der Waals surface area contributed by atoms with Crippen LogP contribution in [0, 0.1) is 12.8 Å². The number of aryl methyl sites for hydroxylation is 2. The van der Waals surface area contributed by atoms with Crippen molar-refractivity contribution < 1.29 is 19.2 Å². The summed E-state index contributed by atoms with van der Waals surface area (Å²) in [7, 11) is 0. The summed E-state index contributed by atoms with van der Waals surface area (Å²) in [6.07, 6.45) is 4.65. The standard InChI is InChI=1S/C37H34N2O4/c1-3-39-32-19-17-27(22-30(32)31-23-28(18-20-33(31)39)36(41)29-16-10-7-11-24(29)2)35(34(40)21-25-12-8-9-13-25)38-43-37(42)26-14-5-4-6-15-26/h4-7,10-11,14-20,22-23,25H,3,8-9,12-13,21H2,1-2H3/b38-35+. The number of hydrogen-bond donors (Lipinski definition) is 0. The second-order valence-electron chi connectivity index (χ2n) is 11.3. The Bertz CT molecular complexity index is 1880. The second kappa shape index (κ2) is 12.2. The van der Waals surface area contributed by atoms with Gasteiger partial charge in [-0.05, 0) is 67.8 Å². The third-order valence-electron chi connectivity index (χ3n) is 8.55. The molecule has 1 aliphatic carbocycles. The number of benzene rings is 4. The van der Waals surface area contributed by atoms with Gasteiger partial charge < -0.3 is 9.40 Å². The van der Waals surface area contributed by atoms with E-state index in [1.165, 1.54) is 0 Å². The zero-order chi connectivity index (χ0) is 29.9. The first kappa shape index (κ1) is 28.3. The van der Waals surface area contributed by atoms with Crippen molar-refractivity contribution in [3.05, 3.63) is 119 Å². The molecule has 1 heterocycles. The molecule has 0 bridgehead atoms. The van der Waals surface area contributed by atoms with Crippen molar-refractivity contribution >= 4 is 45.1 Å². The number of ketones is 2. The highest BCUT2D eigenvalue weighted by Crippen LogP contribution is 2.33. The van der Waals surface area contributed by atoms with Crippen molar-refractivity contribution in [2.45, 2.75) is 52.5 Å². The largest absolute Gasteiger partial charge is 0.365 e. The molecule has 6 heteroatoms. The van der Waals surface area contributed by atoms with Crippen LogP contribution in [0.15, 0.2) is 96.2 Å². The summed E-state index contributed by atoms with van der Waals surface area (Å²) in [4.78, 5) is 45.3. The molecule has 0 unspecified atom stereocenters. The monoisotopic (exact) mass is 570 g/mol. The van der Waals surface area contributed by atoms with E-state index in [2.05, 4.69) is 16.6 Å². The van der Waals surface area contributed by atoms with Crippen molar-refractivity contribution in [3.8, 4) is 0 Å². The number of Topliss-reactive ketones (excluding diaryl/α,β-unsaturated/α-hetero) is 1. The number of carbonyl (C=O) groups is 3. The van der Waals surface area contributed by atoms with Crippen molar-refractivity contribution in [2.75, 3.05) is 0 Å². The molecule has 6 rings (SSSR count). The van der Waals surface area contributed by atoms with Gasteiger partial charge in [0.05, 0.1) is 5.56 Å². The van der Waals surface area contributed by atoms with Gasteiger partial charge in [-0.1, -0.05) is 79.4 Å². The first-order valence-corrected chi connectivity index (χ1v) is 15.0. The minimum Gasteiger partial charge on any atom is -0.341 e. The summed E-state index contributed by atoms with van der Waals surface area (Å²) in [5.41, 5.74) is 5.29. The number of fused-ring (bicyclic) bond motifs is 3. The van der Waals surface area contributed by atoms with Crippen LogP contribution in [0.1, 0.15) is 76.4 Å². The maximum Gasteiger partial charge on any atom is 0.365 e. The van der Waals surface area contributed by atoms with Gasteiger partial charge in [0.2, 0.25) is 0 Å². The smallest absolute Gasteiger partial charge is 0.341 e. The Morgan fingerprint density at radius 1 is 0.791 bits per heavy atom. The average molecular weight is 571 g/mol. The number of carbonyl (C=O) groups excluding carboxylic acids is 3. The Balaban J connectivity index is 1.44. The first-order chi connectivity index (χ1) is 20.9. The molecule has 0 atom stereocenters. The predicted octanol–water partition coefficient (Wildman–Crippen LogP) is 8.06. The van der Waals surface area contributed by atoms with Gasteiger partial charge >= 0.3 is 5.97 Å². The van der Waals surface area contributed by atoms with Gasteiger partial charge in [0.1, 0.15) is 0 Å². The zero-order valence-electron chi connectivity index (χ0n) is 24.5. The first-order valence-electron chi connectivity index (χ1n) is 15.0. The van der Waals surface area contributed by atoms with E-state index in [0.29, 0.717) is 34.6 Å². The maximum atomic E-state index is 13.7. The summed E-state index contributed by atoms with van der Waals surface area (Å²) in [5.74, 6) is -0.477. The minimum atomic E-state index is -0.616. The fourth-order valence-corrected chi connectivity index (χ4v) is 6.27. The minimum absolute atomic E-state index is 0.0321. The highest BCUT2D eigenvalue weighted by atomic mass is 16.7. The highest BCUT2D eigenvalue weighted by Gasteiger charge is 2.25. The fraction of sp³-hybridized carbons (Fsp3) is 0.243. The number of rotatable bonds is 9. The predicted molar refractivity (Wildman–Crippen MR) is 170 cm³/mol. The molecule has 0 spiro atoms. The van der Waals surface area contributed by atoms with Gasteiger partial charge in [0, 0.05) is 51.5 Å². The third kappa shape index (κ3) is 5.65. The SMILES string of the molecule is CCn1c2ccc(C(=O)c3ccccc3C)cc2c2cc(/C(=N\OC(=O)c3ccccc3)C(=O)CC3CCCC3)ccc21. The molecule has 0 aliphatic heterocycles. The van der Waals surface area contributed by atoms with Crippen molar-refractivity contribution in [1.29, 1.82) is 0 Å². The Morgan fingerprint density at radius 3 is 2.09 bits per heavy atom. The maximum absolute atomic E-state index is 13.7. The lowest BCUT2D eigenvalue weighted by Crippen LogP contribution is -2.19. The number of aromatic nitrogens is 1. The molecule has 1 saturated carbocycles. The Labute approximate surface area is 251 Å². The van der Waals surface area contributed by atoms with Crippen molar-refractivity contribution in [3.63, 3.8) is 0 Å². The van der Waals surface area contributed by atoms with Gasteiger partial charge in [-0.3, -0.25) is 9.59 Å². The Hall–Kier alpha value is -4.84. The van der Waals surface area contributed by atoms with Crippen LogP contribution in [0.5, 0.6) is 0 Å². The van der Waals surface area contributed by atoms with Crippen molar-refractivity contribution in [1.82, 2.24) is 4.57 Å². The van der Waals surface area contributed by atoms with Gasteiger partial charge in [-0.15, -0.1) is 0 Å². The molecule has 1 fully saturated rings. The summed E-state index contributed by atoms with van der Waals surface area (Å²) in [6, 6.07) is 27.8. The lowest BCUT2D eigenvalue weighted by Gasteiger charge is -2.11. The van der Waals surface area contributed by atoms with Crippen LogP contribution < -0.4 is 0 Å². The van der Waals surface area contributed by atoms with Crippen molar-refractivity contribution in [2.24, 2.45) is 11.1 Å². The number of nitrogens with zero attached hydrogens (tertiary/aromatic N) is 2. The normalized spacial score (nSPS) is 14.0. The van der Waals surface area contributed by atoms with Crippen LogP contribution in [0.4, 0.5) is 0 Å². The Kier molecular flexibility index (Phi) is 8.01. The van der Waals surface area contributed by atoms with E-state index >= 15 is 0 Å². The van der Waals surface area contributed by atoms with E-state index in [4.69, 9.17) is 4.84 Å². The quantitative estimate of drug-likeness (QED) is 0.0777. The lowest BCUT2D eigenvalue weighted by molar-refractivity contribution is -0.113. The Morgan fingerprint density at radius 2 is 1.42 bits per heavy atom. The molecule has 1 aromatic heterocycles. The van der Waals surface area contributed by atoms with E-state index in [9.17, 15) is 14.4 Å².